The normalized spacial score (nSPS) is 11.6. The van der Waals surface area contributed by atoms with Crippen LogP contribution in [0.15, 0.2) is 30.6 Å². The van der Waals surface area contributed by atoms with E-state index in [1.54, 1.807) is 18.2 Å². The standard InChI is InChI=1S/C11H8F3IN2O/c1-18-9-4-2-3-8(15)10(9)17-6-7(5-16-17)11(12,13)14/h2-6H,1H3. The molecule has 0 saturated carbocycles. The Morgan fingerprint density at radius 3 is 2.61 bits per heavy atom. The molecule has 2 aromatic rings. The van der Waals surface area contributed by atoms with Crippen molar-refractivity contribution in [3.05, 3.63) is 39.7 Å². The van der Waals surface area contributed by atoms with Crippen molar-refractivity contribution in [2.24, 2.45) is 0 Å². The van der Waals surface area contributed by atoms with Crippen molar-refractivity contribution in [3.63, 3.8) is 0 Å². The van der Waals surface area contributed by atoms with E-state index in [1.165, 1.54) is 11.8 Å². The molecular weight excluding hydrogens is 360 g/mol. The lowest BCUT2D eigenvalue weighted by atomic mass is 10.3. The minimum atomic E-state index is -4.40. The van der Waals surface area contributed by atoms with E-state index in [9.17, 15) is 13.2 Å². The molecule has 0 N–H and O–H groups in total. The molecule has 0 amide bonds. The number of benzene rings is 1. The van der Waals surface area contributed by atoms with E-state index in [0.29, 0.717) is 11.4 Å². The van der Waals surface area contributed by atoms with Gasteiger partial charge in [0, 0.05) is 9.77 Å². The van der Waals surface area contributed by atoms with E-state index in [2.05, 4.69) is 5.10 Å². The van der Waals surface area contributed by atoms with Crippen molar-refractivity contribution in [3.8, 4) is 11.4 Å². The van der Waals surface area contributed by atoms with Crippen molar-refractivity contribution in [2.45, 2.75) is 6.18 Å². The maximum atomic E-state index is 12.5. The first-order valence-electron chi connectivity index (χ1n) is 4.88. The SMILES string of the molecule is COc1cccc(I)c1-n1cc(C(F)(F)F)cn1. The lowest BCUT2D eigenvalue weighted by Gasteiger charge is -2.10. The first-order valence-corrected chi connectivity index (χ1v) is 5.96. The summed E-state index contributed by atoms with van der Waals surface area (Å²) in [6.45, 7) is 0. The van der Waals surface area contributed by atoms with Crippen molar-refractivity contribution in [1.82, 2.24) is 9.78 Å². The van der Waals surface area contributed by atoms with Crippen LogP contribution < -0.4 is 4.74 Å². The number of rotatable bonds is 2. The van der Waals surface area contributed by atoms with Gasteiger partial charge in [0.1, 0.15) is 11.4 Å². The first kappa shape index (κ1) is 13.2. The molecule has 18 heavy (non-hydrogen) atoms. The lowest BCUT2D eigenvalue weighted by Crippen LogP contribution is -2.04. The number of nitrogens with zero attached hydrogens (tertiary/aromatic N) is 2. The predicted octanol–water partition coefficient (Wildman–Crippen LogP) is 3.50. The summed E-state index contributed by atoms with van der Waals surface area (Å²) >= 11 is 2.02. The molecule has 7 heteroatoms. The number of alkyl halides is 3. The number of aromatic nitrogens is 2. The molecule has 0 radical (unpaired) electrons. The Morgan fingerprint density at radius 1 is 1.33 bits per heavy atom. The molecule has 1 aromatic carbocycles. The molecule has 0 aliphatic carbocycles. The number of ether oxygens (including phenoxy) is 1. The quantitative estimate of drug-likeness (QED) is 0.759. The Morgan fingerprint density at radius 2 is 2.06 bits per heavy atom. The third-order valence-corrected chi connectivity index (χ3v) is 3.18. The molecule has 0 bridgehead atoms. The van der Waals surface area contributed by atoms with Crippen LogP contribution in [0.1, 0.15) is 5.56 Å². The van der Waals surface area contributed by atoms with E-state index >= 15 is 0 Å². The minimum absolute atomic E-state index is 0.471. The smallest absolute Gasteiger partial charge is 0.419 e. The van der Waals surface area contributed by atoms with E-state index in [1.807, 2.05) is 22.6 Å². The molecule has 0 aliphatic rings. The van der Waals surface area contributed by atoms with Crippen LogP contribution in [0.5, 0.6) is 5.75 Å². The second kappa shape index (κ2) is 4.79. The summed E-state index contributed by atoms with van der Waals surface area (Å²) in [5.41, 5.74) is -0.291. The molecular formula is C11H8F3IN2O. The third-order valence-electron chi connectivity index (χ3n) is 2.31. The second-order valence-corrected chi connectivity index (χ2v) is 4.62. The molecule has 0 unspecified atom stereocenters. The summed E-state index contributed by atoms with van der Waals surface area (Å²) in [5.74, 6) is 0.471. The Labute approximate surface area is 115 Å². The lowest BCUT2D eigenvalue weighted by molar-refractivity contribution is -0.137. The van der Waals surface area contributed by atoms with Crippen LogP contribution in [0, 0.1) is 3.57 Å². The number of hydrogen-bond donors (Lipinski definition) is 0. The van der Waals surface area contributed by atoms with Gasteiger partial charge in [0.25, 0.3) is 0 Å². The Bertz CT molecular complexity index is 566. The highest BCUT2D eigenvalue weighted by Gasteiger charge is 2.32. The van der Waals surface area contributed by atoms with E-state index in [4.69, 9.17) is 4.74 Å². The zero-order valence-electron chi connectivity index (χ0n) is 9.20. The van der Waals surface area contributed by atoms with Crippen molar-refractivity contribution >= 4 is 22.6 Å². The molecule has 96 valence electrons. The molecule has 0 spiro atoms. The zero-order valence-corrected chi connectivity index (χ0v) is 11.4. The van der Waals surface area contributed by atoms with Gasteiger partial charge in [-0.1, -0.05) is 6.07 Å². The maximum Gasteiger partial charge on any atom is 0.419 e. The number of halogens is 4. The zero-order chi connectivity index (χ0) is 13.3. The molecule has 0 aliphatic heterocycles. The van der Waals surface area contributed by atoms with Crippen molar-refractivity contribution < 1.29 is 17.9 Å². The van der Waals surface area contributed by atoms with Gasteiger partial charge in [0.2, 0.25) is 0 Å². The fourth-order valence-electron chi connectivity index (χ4n) is 1.47. The summed E-state index contributed by atoms with van der Waals surface area (Å²) in [4.78, 5) is 0. The molecule has 0 saturated heterocycles. The maximum absolute atomic E-state index is 12.5. The van der Waals surface area contributed by atoms with Crippen LogP contribution >= 0.6 is 22.6 Å². The first-order chi connectivity index (χ1) is 8.43. The third kappa shape index (κ3) is 2.45. The van der Waals surface area contributed by atoms with E-state index in [0.717, 1.165) is 16.0 Å². The highest BCUT2D eigenvalue weighted by Crippen LogP contribution is 2.32. The molecule has 1 aromatic heterocycles. The van der Waals surface area contributed by atoms with Crippen LogP contribution in [0.2, 0.25) is 0 Å². The summed E-state index contributed by atoms with van der Waals surface area (Å²) in [6, 6.07) is 5.21. The van der Waals surface area contributed by atoms with Crippen LogP contribution in [-0.2, 0) is 6.18 Å². The molecule has 3 nitrogen and oxygen atoms in total. The fourth-order valence-corrected chi connectivity index (χ4v) is 2.19. The highest BCUT2D eigenvalue weighted by atomic mass is 127. The number of hydrogen-bond acceptors (Lipinski definition) is 2. The highest BCUT2D eigenvalue weighted by molar-refractivity contribution is 14.1. The van der Waals surface area contributed by atoms with Gasteiger partial charge < -0.3 is 4.74 Å². The van der Waals surface area contributed by atoms with Gasteiger partial charge in [-0.15, -0.1) is 0 Å². The summed E-state index contributed by atoms with van der Waals surface area (Å²) in [7, 11) is 1.46. The van der Waals surface area contributed by atoms with Crippen molar-refractivity contribution in [1.29, 1.82) is 0 Å². The van der Waals surface area contributed by atoms with Gasteiger partial charge in [0.15, 0.2) is 0 Å². The van der Waals surface area contributed by atoms with Gasteiger partial charge in [-0.25, -0.2) is 4.68 Å². The predicted molar refractivity (Wildman–Crippen MR) is 67.8 cm³/mol. The van der Waals surface area contributed by atoms with Crippen LogP contribution in [0.3, 0.4) is 0 Å². The van der Waals surface area contributed by atoms with Gasteiger partial charge in [-0.3, -0.25) is 0 Å². The molecule has 2 rings (SSSR count). The number of methoxy groups -OCH3 is 1. The Balaban J connectivity index is 2.53. The molecule has 0 atom stereocenters. The average Bonchev–Trinajstić information content (AvgIpc) is 2.77. The summed E-state index contributed by atoms with van der Waals surface area (Å²) < 4.78 is 44.6. The van der Waals surface area contributed by atoms with Gasteiger partial charge >= 0.3 is 6.18 Å². The summed E-state index contributed by atoms with van der Waals surface area (Å²) in [5, 5.41) is 3.73. The average molecular weight is 368 g/mol. The van der Waals surface area contributed by atoms with Gasteiger partial charge in [-0.05, 0) is 34.7 Å². The van der Waals surface area contributed by atoms with Crippen molar-refractivity contribution in [2.75, 3.05) is 7.11 Å². The van der Waals surface area contributed by atoms with Gasteiger partial charge in [0.05, 0.1) is 18.9 Å². The van der Waals surface area contributed by atoms with Crippen LogP contribution in [-0.4, -0.2) is 16.9 Å². The van der Waals surface area contributed by atoms with E-state index < -0.39 is 11.7 Å². The van der Waals surface area contributed by atoms with Crippen LogP contribution in [0.4, 0.5) is 13.2 Å². The fraction of sp³-hybridized carbons (Fsp3) is 0.182. The summed E-state index contributed by atoms with van der Waals surface area (Å²) in [6.07, 6.45) is -2.66. The largest absolute Gasteiger partial charge is 0.494 e. The van der Waals surface area contributed by atoms with Gasteiger partial charge in [-0.2, -0.15) is 18.3 Å². The second-order valence-electron chi connectivity index (χ2n) is 3.46. The Kier molecular flexibility index (Phi) is 3.51. The topological polar surface area (TPSA) is 27.1 Å². The van der Waals surface area contributed by atoms with Crippen LogP contribution in [0.25, 0.3) is 5.69 Å². The Hall–Kier alpha value is -1.25. The number of para-hydroxylation sites is 1. The van der Waals surface area contributed by atoms with E-state index in [-0.39, 0.29) is 0 Å². The monoisotopic (exact) mass is 368 g/mol. The molecule has 1 heterocycles. The minimum Gasteiger partial charge on any atom is -0.494 e. The molecule has 0 fully saturated rings.